The second-order valence-electron chi connectivity index (χ2n) is 6.53. The molecule has 1 N–H and O–H groups in total. The van der Waals surface area contributed by atoms with Gasteiger partial charge in [0.15, 0.2) is 0 Å². The van der Waals surface area contributed by atoms with Crippen molar-refractivity contribution in [2.45, 2.75) is 19.9 Å². The van der Waals surface area contributed by atoms with Crippen molar-refractivity contribution in [3.63, 3.8) is 0 Å². The Balaban J connectivity index is 1.45. The van der Waals surface area contributed by atoms with Gasteiger partial charge in [-0.1, -0.05) is 25.1 Å². The van der Waals surface area contributed by atoms with E-state index in [1.807, 2.05) is 29.1 Å². The minimum atomic E-state index is 0.138. The minimum absolute atomic E-state index is 0.138. The molecule has 6 nitrogen and oxygen atoms in total. The number of para-hydroxylation sites is 1. The largest absolute Gasteiger partial charge is 0.355 e. The van der Waals surface area contributed by atoms with Crippen LogP contribution in [-0.4, -0.2) is 64.8 Å². The zero-order chi connectivity index (χ0) is 17.5. The van der Waals surface area contributed by atoms with Crippen LogP contribution in [0.25, 0.3) is 5.69 Å². The van der Waals surface area contributed by atoms with Crippen molar-refractivity contribution in [1.82, 2.24) is 24.9 Å². The third-order valence-electron chi connectivity index (χ3n) is 4.47. The number of aromatic nitrogens is 2. The first-order chi connectivity index (χ1) is 12.2. The lowest BCUT2D eigenvalue weighted by Crippen LogP contribution is -2.49. The molecular formula is C19H27N5O. The van der Waals surface area contributed by atoms with E-state index in [-0.39, 0.29) is 5.91 Å². The van der Waals surface area contributed by atoms with Gasteiger partial charge in [-0.25, -0.2) is 4.68 Å². The van der Waals surface area contributed by atoms with Crippen LogP contribution in [0.15, 0.2) is 42.7 Å². The van der Waals surface area contributed by atoms with Gasteiger partial charge in [0.25, 0.3) is 0 Å². The van der Waals surface area contributed by atoms with E-state index < -0.39 is 0 Å². The molecule has 25 heavy (non-hydrogen) atoms. The van der Waals surface area contributed by atoms with Crippen LogP contribution in [0.3, 0.4) is 0 Å². The van der Waals surface area contributed by atoms with Crippen LogP contribution in [0.5, 0.6) is 0 Å². The van der Waals surface area contributed by atoms with Crippen molar-refractivity contribution in [1.29, 1.82) is 0 Å². The molecule has 0 spiro atoms. The van der Waals surface area contributed by atoms with Gasteiger partial charge in [-0.15, -0.1) is 0 Å². The van der Waals surface area contributed by atoms with Gasteiger partial charge >= 0.3 is 0 Å². The Hall–Kier alpha value is -2.18. The van der Waals surface area contributed by atoms with Crippen LogP contribution in [0, 0.1) is 0 Å². The molecule has 1 fully saturated rings. The Morgan fingerprint density at radius 1 is 1.12 bits per heavy atom. The molecule has 1 aliphatic rings. The second kappa shape index (κ2) is 8.78. The smallest absolute Gasteiger partial charge is 0.234 e. The molecule has 0 radical (unpaired) electrons. The normalized spacial score (nSPS) is 16.0. The lowest BCUT2D eigenvalue weighted by Gasteiger charge is -2.34. The number of benzene rings is 1. The molecule has 1 saturated heterocycles. The van der Waals surface area contributed by atoms with Gasteiger partial charge in [0.1, 0.15) is 0 Å². The number of hydrogen-bond donors (Lipinski definition) is 1. The zero-order valence-corrected chi connectivity index (χ0v) is 14.9. The number of carbonyl (C=O) groups is 1. The van der Waals surface area contributed by atoms with E-state index in [2.05, 4.69) is 45.5 Å². The molecule has 1 amide bonds. The summed E-state index contributed by atoms with van der Waals surface area (Å²) in [6.45, 7) is 8.10. The van der Waals surface area contributed by atoms with Crippen LogP contribution in [0.1, 0.15) is 18.9 Å². The fourth-order valence-electron chi connectivity index (χ4n) is 3.05. The van der Waals surface area contributed by atoms with Crippen LogP contribution in [-0.2, 0) is 11.3 Å². The fourth-order valence-corrected chi connectivity index (χ4v) is 3.05. The lowest BCUT2D eigenvalue weighted by atomic mass is 10.2. The van der Waals surface area contributed by atoms with E-state index >= 15 is 0 Å². The predicted molar refractivity (Wildman–Crippen MR) is 98.6 cm³/mol. The summed E-state index contributed by atoms with van der Waals surface area (Å²) in [7, 11) is 0. The molecule has 0 aliphatic carbocycles. The summed E-state index contributed by atoms with van der Waals surface area (Å²) in [5.74, 6) is 0.138. The molecule has 0 bridgehead atoms. The molecule has 1 aliphatic heterocycles. The molecule has 2 aromatic rings. The Labute approximate surface area is 149 Å². The Bertz CT molecular complexity index is 661. The Morgan fingerprint density at radius 2 is 1.84 bits per heavy atom. The lowest BCUT2D eigenvalue weighted by molar-refractivity contribution is -0.122. The third-order valence-corrected chi connectivity index (χ3v) is 4.47. The summed E-state index contributed by atoms with van der Waals surface area (Å²) in [4.78, 5) is 16.5. The molecule has 3 rings (SSSR count). The topological polar surface area (TPSA) is 53.4 Å². The highest BCUT2D eigenvalue weighted by Gasteiger charge is 2.19. The maximum atomic E-state index is 11.8. The van der Waals surface area contributed by atoms with Gasteiger partial charge in [0.2, 0.25) is 5.91 Å². The number of rotatable bonds is 7. The van der Waals surface area contributed by atoms with Crippen molar-refractivity contribution in [3.8, 4) is 5.69 Å². The summed E-state index contributed by atoms with van der Waals surface area (Å²) in [5, 5.41) is 7.41. The highest BCUT2D eigenvalue weighted by Crippen LogP contribution is 2.11. The number of nitrogens with one attached hydrogen (secondary N) is 1. The molecular weight excluding hydrogens is 314 g/mol. The first kappa shape index (κ1) is 17.6. The van der Waals surface area contributed by atoms with Crippen molar-refractivity contribution in [2.24, 2.45) is 0 Å². The Morgan fingerprint density at radius 3 is 2.56 bits per heavy atom. The van der Waals surface area contributed by atoms with Crippen LogP contribution in [0.2, 0.25) is 0 Å². The SMILES string of the molecule is CCCNC(=O)CN1CCN(Cc2cnn(-c3ccccc3)c2)CC1. The van der Waals surface area contributed by atoms with E-state index in [0.29, 0.717) is 6.54 Å². The Kier molecular flexibility index (Phi) is 6.19. The number of nitrogens with zero attached hydrogens (tertiary/aromatic N) is 4. The molecule has 0 unspecified atom stereocenters. The monoisotopic (exact) mass is 341 g/mol. The summed E-state index contributed by atoms with van der Waals surface area (Å²) in [5.41, 5.74) is 2.30. The van der Waals surface area contributed by atoms with E-state index in [4.69, 9.17) is 0 Å². The zero-order valence-electron chi connectivity index (χ0n) is 14.9. The highest BCUT2D eigenvalue weighted by molar-refractivity contribution is 5.77. The van der Waals surface area contributed by atoms with Gasteiger partial charge in [0.05, 0.1) is 18.4 Å². The number of piperazine rings is 1. The van der Waals surface area contributed by atoms with E-state index in [1.165, 1.54) is 5.56 Å². The van der Waals surface area contributed by atoms with Gasteiger partial charge in [-0.2, -0.15) is 5.10 Å². The molecule has 6 heteroatoms. The third kappa shape index (κ3) is 5.14. The van der Waals surface area contributed by atoms with Crippen LogP contribution in [0.4, 0.5) is 0 Å². The summed E-state index contributed by atoms with van der Waals surface area (Å²) in [6, 6.07) is 10.2. The minimum Gasteiger partial charge on any atom is -0.355 e. The van der Waals surface area contributed by atoms with Crippen LogP contribution < -0.4 is 5.32 Å². The van der Waals surface area contributed by atoms with E-state index in [0.717, 1.165) is 51.4 Å². The van der Waals surface area contributed by atoms with Gasteiger partial charge in [-0.05, 0) is 18.6 Å². The molecule has 0 saturated carbocycles. The van der Waals surface area contributed by atoms with Crippen molar-refractivity contribution < 1.29 is 4.79 Å². The number of amides is 1. The van der Waals surface area contributed by atoms with Gasteiger partial charge < -0.3 is 5.32 Å². The average molecular weight is 341 g/mol. The first-order valence-electron chi connectivity index (χ1n) is 9.05. The standard InChI is InChI=1S/C19H27N5O/c1-2-8-20-19(25)16-23-11-9-22(10-12-23)14-17-13-21-24(15-17)18-6-4-3-5-7-18/h3-7,13,15H,2,8-12,14,16H2,1H3,(H,20,25). The van der Waals surface area contributed by atoms with Gasteiger partial charge in [-0.3, -0.25) is 14.6 Å². The summed E-state index contributed by atoms with van der Waals surface area (Å²) in [6.07, 6.45) is 5.02. The molecule has 134 valence electrons. The number of hydrogen-bond acceptors (Lipinski definition) is 4. The van der Waals surface area contributed by atoms with Gasteiger partial charge in [0, 0.05) is 51.0 Å². The fraction of sp³-hybridized carbons (Fsp3) is 0.474. The van der Waals surface area contributed by atoms with Crippen LogP contribution >= 0.6 is 0 Å². The molecule has 1 aromatic heterocycles. The van der Waals surface area contributed by atoms with Crippen molar-refractivity contribution in [3.05, 3.63) is 48.3 Å². The summed E-state index contributed by atoms with van der Waals surface area (Å²) >= 11 is 0. The maximum absolute atomic E-state index is 11.8. The molecule has 0 atom stereocenters. The van der Waals surface area contributed by atoms with Crippen molar-refractivity contribution in [2.75, 3.05) is 39.3 Å². The molecule has 1 aromatic carbocycles. The van der Waals surface area contributed by atoms with E-state index in [9.17, 15) is 4.79 Å². The summed E-state index contributed by atoms with van der Waals surface area (Å²) < 4.78 is 1.92. The first-order valence-corrected chi connectivity index (χ1v) is 9.05. The second-order valence-corrected chi connectivity index (χ2v) is 6.53. The average Bonchev–Trinajstić information content (AvgIpc) is 3.11. The quantitative estimate of drug-likeness (QED) is 0.830. The van der Waals surface area contributed by atoms with E-state index in [1.54, 1.807) is 0 Å². The molecule has 2 heterocycles. The van der Waals surface area contributed by atoms with Crippen molar-refractivity contribution >= 4 is 5.91 Å². The maximum Gasteiger partial charge on any atom is 0.234 e. The highest BCUT2D eigenvalue weighted by atomic mass is 16.2. The predicted octanol–water partition coefficient (Wildman–Crippen LogP) is 1.52. The number of carbonyl (C=O) groups excluding carboxylic acids is 1.